The van der Waals surface area contributed by atoms with E-state index in [1.54, 1.807) is 0 Å². The van der Waals surface area contributed by atoms with Crippen LogP contribution < -0.4 is 0 Å². The maximum Gasteiger partial charge on any atom is 0.0808 e. The summed E-state index contributed by atoms with van der Waals surface area (Å²) < 4.78 is 0. The van der Waals surface area contributed by atoms with Gasteiger partial charge < -0.3 is 5.11 Å². The Morgan fingerprint density at radius 3 is 2.80 bits per heavy atom. The lowest BCUT2D eigenvalue weighted by molar-refractivity contribution is 0.175. The van der Waals surface area contributed by atoms with E-state index in [1.165, 1.54) is 0 Å². The van der Waals surface area contributed by atoms with Crippen LogP contribution in [-0.4, -0.2) is 10.1 Å². The number of pyridine rings is 1. The standard InChI is InChI=1S/C13H15NO/c1-3-12(15)11-6-4-5-10-8-7-9(2)14-13(10)11/h4-8,12,15H,3H2,1-2H3. The van der Waals surface area contributed by atoms with Crippen molar-refractivity contribution in [3.05, 3.63) is 41.6 Å². The van der Waals surface area contributed by atoms with Crippen LogP contribution in [0.15, 0.2) is 30.3 Å². The molecule has 0 aliphatic heterocycles. The van der Waals surface area contributed by atoms with E-state index in [-0.39, 0.29) is 0 Å². The van der Waals surface area contributed by atoms with Crippen LogP contribution in [0.25, 0.3) is 10.9 Å². The molecule has 0 saturated heterocycles. The third kappa shape index (κ3) is 1.85. The van der Waals surface area contributed by atoms with Crippen LogP contribution in [0.2, 0.25) is 0 Å². The lowest BCUT2D eigenvalue weighted by atomic mass is 10.0. The first kappa shape index (κ1) is 10.1. The summed E-state index contributed by atoms with van der Waals surface area (Å²) in [6.45, 7) is 3.94. The third-order valence-corrected chi connectivity index (χ3v) is 2.64. The average Bonchev–Trinajstić information content (AvgIpc) is 2.27. The van der Waals surface area contributed by atoms with E-state index in [2.05, 4.69) is 4.98 Å². The van der Waals surface area contributed by atoms with Gasteiger partial charge >= 0.3 is 0 Å². The second kappa shape index (κ2) is 3.99. The van der Waals surface area contributed by atoms with E-state index in [4.69, 9.17) is 0 Å². The Hall–Kier alpha value is -1.41. The van der Waals surface area contributed by atoms with Crippen molar-refractivity contribution >= 4 is 10.9 Å². The van der Waals surface area contributed by atoms with Crippen LogP contribution in [0.1, 0.15) is 30.7 Å². The summed E-state index contributed by atoms with van der Waals surface area (Å²) in [5, 5.41) is 11.0. The summed E-state index contributed by atoms with van der Waals surface area (Å²) in [6, 6.07) is 9.97. The number of fused-ring (bicyclic) bond motifs is 1. The molecule has 1 aromatic carbocycles. The molecule has 0 saturated carbocycles. The number of aryl methyl sites for hydroxylation is 1. The predicted octanol–water partition coefficient (Wildman–Crippen LogP) is 2.99. The number of para-hydroxylation sites is 1. The molecule has 1 heterocycles. The van der Waals surface area contributed by atoms with Gasteiger partial charge in [0, 0.05) is 16.6 Å². The highest BCUT2D eigenvalue weighted by atomic mass is 16.3. The van der Waals surface area contributed by atoms with Crippen molar-refractivity contribution < 1.29 is 5.11 Å². The number of nitrogens with zero attached hydrogens (tertiary/aromatic N) is 1. The first-order chi connectivity index (χ1) is 7.22. The van der Waals surface area contributed by atoms with Gasteiger partial charge in [-0.05, 0) is 19.4 Å². The van der Waals surface area contributed by atoms with Crippen LogP contribution in [0.4, 0.5) is 0 Å². The number of aliphatic hydroxyl groups is 1. The molecule has 0 aliphatic carbocycles. The smallest absolute Gasteiger partial charge is 0.0808 e. The fourth-order valence-electron chi connectivity index (χ4n) is 1.76. The van der Waals surface area contributed by atoms with E-state index in [0.717, 1.165) is 22.2 Å². The van der Waals surface area contributed by atoms with Gasteiger partial charge in [0.2, 0.25) is 0 Å². The lowest BCUT2D eigenvalue weighted by Crippen LogP contribution is -1.98. The van der Waals surface area contributed by atoms with Gasteiger partial charge in [-0.1, -0.05) is 31.2 Å². The summed E-state index contributed by atoms with van der Waals surface area (Å²) in [7, 11) is 0. The molecule has 0 fully saturated rings. The SMILES string of the molecule is CCC(O)c1cccc2ccc(C)nc12. The number of hydrogen-bond donors (Lipinski definition) is 1. The van der Waals surface area contributed by atoms with E-state index in [0.29, 0.717) is 6.42 Å². The Bertz CT molecular complexity index is 479. The van der Waals surface area contributed by atoms with Crippen molar-refractivity contribution in [1.82, 2.24) is 4.98 Å². The molecule has 0 spiro atoms. The van der Waals surface area contributed by atoms with E-state index in [1.807, 2.05) is 44.2 Å². The zero-order valence-corrected chi connectivity index (χ0v) is 9.07. The topological polar surface area (TPSA) is 33.1 Å². The zero-order chi connectivity index (χ0) is 10.8. The summed E-state index contributed by atoms with van der Waals surface area (Å²) >= 11 is 0. The molecule has 1 unspecified atom stereocenters. The molecule has 0 bridgehead atoms. The maximum absolute atomic E-state index is 9.88. The molecule has 1 atom stereocenters. The van der Waals surface area contributed by atoms with Gasteiger partial charge in [0.1, 0.15) is 0 Å². The highest BCUT2D eigenvalue weighted by molar-refractivity contribution is 5.82. The maximum atomic E-state index is 9.88. The van der Waals surface area contributed by atoms with Gasteiger partial charge in [0.15, 0.2) is 0 Å². The summed E-state index contributed by atoms with van der Waals surface area (Å²) in [5.74, 6) is 0. The van der Waals surface area contributed by atoms with Crippen molar-refractivity contribution in [2.45, 2.75) is 26.4 Å². The number of rotatable bonds is 2. The first-order valence-electron chi connectivity index (χ1n) is 5.26. The van der Waals surface area contributed by atoms with Gasteiger partial charge in [-0.25, -0.2) is 0 Å². The Morgan fingerprint density at radius 2 is 2.07 bits per heavy atom. The van der Waals surface area contributed by atoms with Gasteiger partial charge in [0.05, 0.1) is 11.6 Å². The zero-order valence-electron chi connectivity index (χ0n) is 9.07. The summed E-state index contributed by atoms with van der Waals surface area (Å²) in [4.78, 5) is 4.48. The molecule has 2 nitrogen and oxygen atoms in total. The Balaban J connectivity index is 2.68. The van der Waals surface area contributed by atoms with Gasteiger partial charge in [-0.3, -0.25) is 4.98 Å². The minimum Gasteiger partial charge on any atom is -0.388 e. The lowest BCUT2D eigenvalue weighted by Gasteiger charge is -2.11. The molecule has 0 aliphatic rings. The molecular formula is C13H15NO. The van der Waals surface area contributed by atoms with Gasteiger partial charge in [-0.15, -0.1) is 0 Å². The largest absolute Gasteiger partial charge is 0.388 e. The fraction of sp³-hybridized carbons (Fsp3) is 0.308. The van der Waals surface area contributed by atoms with Crippen molar-refractivity contribution in [3.8, 4) is 0 Å². The van der Waals surface area contributed by atoms with Crippen LogP contribution in [0.3, 0.4) is 0 Å². The molecule has 2 aromatic rings. The van der Waals surface area contributed by atoms with Crippen molar-refractivity contribution in [3.63, 3.8) is 0 Å². The average molecular weight is 201 g/mol. The minimum atomic E-state index is -0.414. The quantitative estimate of drug-likeness (QED) is 0.810. The van der Waals surface area contributed by atoms with Crippen LogP contribution >= 0.6 is 0 Å². The molecule has 15 heavy (non-hydrogen) atoms. The summed E-state index contributed by atoms with van der Waals surface area (Å²) in [5.41, 5.74) is 2.84. The third-order valence-electron chi connectivity index (χ3n) is 2.64. The molecule has 2 rings (SSSR count). The van der Waals surface area contributed by atoms with E-state index in [9.17, 15) is 5.11 Å². The number of aromatic nitrogens is 1. The Labute approximate surface area is 89.6 Å². The molecule has 78 valence electrons. The normalized spacial score (nSPS) is 13.0. The Kier molecular flexibility index (Phi) is 2.69. The van der Waals surface area contributed by atoms with E-state index < -0.39 is 6.10 Å². The molecule has 0 radical (unpaired) electrons. The predicted molar refractivity (Wildman–Crippen MR) is 61.7 cm³/mol. The fourth-order valence-corrected chi connectivity index (χ4v) is 1.76. The van der Waals surface area contributed by atoms with Gasteiger partial charge in [0.25, 0.3) is 0 Å². The number of hydrogen-bond acceptors (Lipinski definition) is 2. The summed E-state index contributed by atoms with van der Waals surface area (Å²) in [6.07, 6.45) is 0.303. The van der Waals surface area contributed by atoms with Crippen molar-refractivity contribution in [2.75, 3.05) is 0 Å². The molecule has 1 N–H and O–H groups in total. The van der Waals surface area contributed by atoms with Crippen LogP contribution in [0, 0.1) is 6.92 Å². The van der Waals surface area contributed by atoms with E-state index >= 15 is 0 Å². The minimum absolute atomic E-state index is 0.414. The Morgan fingerprint density at radius 1 is 1.27 bits per heavy atom. The number of aliphatic hydroxyl groups excluding tert-OH is 1. The van der Waals surface area contributed by atoms with Crippen molar-refractivity contribution in [1.29, 1.82) is 0 Å². The second-order valence-corrected chi connectivity index (χ2v) is 3.80. The van der Waals surface area contributed by atoms with Crippen LogP contribution in [-0.2, 0) is 0 Å². The first-order valence-corrected chi connectivity index (χ1v) is 5.26. The van der Waals surface area contributed by atoms with Gasteiger partial charge in [-0.2, -0.15) is 0 Å². The molecule has 1 aromatic heterocycles. The second-order valence-electron chi connectivity index (χ2n) is 3.80. The molecular weight excluding hydrogens is 186 g/mol. The molecule has 0 amide bonds. The highest BCUT2D eigenvalue weighted by Crippen LogP contribution is 2.24. The monoisotopic (exact) mass is 201 g/mol. The highest BCUT2D eigenvalue weighted by Gasteiger charge is 2.09. The number of benzene rings is 1. The van der Waals surface area contributed by atoms with Crippen molar-refractivity contribution in [2.24, 2.45) is 0 Å². The molecule has 2 heteroatoms. The van der Waals surface area contributed by atoms with Crippen LogP contribution in [0.5, 0.6) is 0 Å².